The normalized spacial score (nSPS) is 11.7. The number of benzene rings is 4. The van der Waals surface area contributed by atoms with Crippen LogP contribution in [-0.2, 0) is 10.8 Å². The van der Waals surface area contributed by atoms with E-state index in [9.17, 15) is 0 Å². The predicted molar refractivity (Wildman–Crippen MR) is 201 cm³/mol. The molecule has 238 valence electrons. The molecule has 0 saturated carbocycles. The van der Waals surface area contributed by atoms with Crippen LogP contribution >= 0.6 is 24.8 Å². The van der Waals surface area contributed by atoms with Crippen LogP contribution < -0.4 is 21.4 Å². The van der Waals surface area contributed by atoms with E-state index in [1.807, 2.05) is 0 Å². The van der Waals surface area contributed by atoms with Gasteiger partial charge in [0, 0.05) is 35.0 Å². The molecule has 6 rings (SSSR count). The summed E-state index contributed by atoms with van der Waals surface area (Å²) in [7, 11) is 0. The van der Waals surface area contributed by atoms with Crippen molar-refractivity contribution < 1.29 is 9.97 Å². The number of aryl methyl sites for hydroxylation is 2. The summed E-state index contributed by atoms with van der Waals surface area (Å²) in [4.78, 5) is 7.59. The molecule has 0 amide bonds. The summed E-state index contributed by atoms with van der Waals surface area (Å²) in [5.74, 6) is 0. The largest absolute Gasteiger partial charge is 0.398 e. The zero-order chi connectivity index (χ0) is 31.6. The monoisotopic (exact) mass is 652 g/mol. The fourth-order valence-corrected chi connectivity index (χ4v) is 6.19. The lowest BCUT2D eigenvalue weighted by Crippen LogP contribution is -2.24. The highest BCUT2D eigenvalue weighted by atomic mass is 35.5. The maximum atomic E-state index is 6.88. The first-order valence-electron chi connectivity index (χ1n) is 15.4. The van der Waals surface area contributed by atoms with Crippen molar-refractivity contribution in [1.29, 1.82) is 0 Å². The van der Waals surface area contributed by atoms with Crippen molar-refractivity contribution in [1.82, 2.24) is 0 Å². The summed E-state index contributed by atoms with van der Waals surface area (Å²) in [6.45, 7) is 17.8. The molecule has 0 radical (unpaired) electrons. The highest BCUT2D eigenvalue weighted by molar-refractivity contribution is 6.02. The second-order valence-corrected chi connectivity index (χ2v) is 14.3. The Labute approximate surface area is 285 Å². The molecule has 4 nitrogen and oxygen atoms in total. The molecule has 0 aliphatic heterocycles. The van der Waals surface area contributed by atoms with Crippen LogP contribution in [0.25, 0.3) is 55.4 Å². The number of aromatic nitrogens is 2. The number of nitrogens with two attached hydrogens (primary N) is 2. The van der Waals surface area contributed by atoms with Crippen molar-refractivity contribution in [3.63, 3.8) is 0 Å². The molecule has 4 aromatic carbocycles. The highest BCUT2D eigenvalue weighted by Gasteiger charge is 2.29. The Bertz CT molecular complexity index is 1930. The lowest BCUT2D eigenvalue weighted by atomic mass is 9.84. The Morgan fingerprint density at radius 1 is 0.457 bits per heavy atom. The van der Waals surface area contributed by atoms with Crippen LogP contribution in [0.2, 0.25) is 0 Å². The fourth-order valence-electron chi connectivity index (χ4n) is 6.19. The van der Waals surface area contributed by atoms with Crippen molar-refractivity contribution in [3.05, 3.63) is 107 Å². The number of hydrogen-bond acceptors (Lipinski definition) is 2. The van der Waals surface area contributed by atoms with Crippen LogP contribution in [0.15, 0.2) is 84.9 Å². The van der Waals surface area contributed by atoms with Gasteiger partial charge in [0.15, 0.2) is 0 Å². The summed E-state index contributed by atoms with van der Waals surface area (Å²) >= 11 is 0. The van der Waals surface area contributed by atoms with Crippen LogP contribution in [0.5, 0.6) is 0 Å². The van der Waals surface area contributed by atoms with E-state index in [0.29, 0.717) is 0 Å². The maximum Gasteiger partial charge on any atom is 0.276 e. The van der Waals surface area contributed by atoms with Gasteiger partial charge in [0.1, 0.15) is 0 Å². The molecule has 6 heteroatoms. The van der Waals surface area contributed by atoms with Gasteiger partial charge in [0.25, 0.3) is 11.4 Å². The first-order valence-corrected chi connectivity index (χ1v) is 15.4. The van der Waals surface area contributed by atoms with Crippen LogP contribution in [0.3, 0.4) is 0 Å². The van der Waals surface area contributed by atoms with Crippen LogP contribution in [0, 0.1) is 13.8 Å². The highest BCUT2D eigenvalue weighted by Crippen LogP contribution is 2.38. The molecule has 0 bridgehead atoms. The molecule has 0 spiro atoms. The van der Waals surface area contributed by atoms with Crippen molar-refractivity contribution >= 4 is 57.7 Å². The van der Waals surface area contributed by atoms with Gasteiger partial charge >= 0.3 is 0 Å². The Hall–Kier alpha value is -4.12. The molecule has 0 aliphatic carbocycles. The smallest absolute Gasteiger partial charge is 0.276 e. The van der Waals surface area contributed by atoms with Gasteiger partial charge in [0.2, 0.25) is 11.4 Å². The summed E-state index contributed by atoms with van der Waals surface area (Å²) in [5.41, 5.74) is 26.0. The minimum Gasteiger partial charge on any atom is -0.398 e. The van der Waals surface area contributed by atoms with Gasteiger partial charge in [-0.2, -0.15) is 9.97 Å². The van der Waals surface area contributed by atoms with Crippen LogP contribution in [0.4, 0.5) is 11.4 Å². The Morgan fingerprint density at radius 3 is 1.09 bits per heavy atom. The molecule has 0 atom stereocenters. The van der Waals surface area contributed by atoms with E-state index in [0.717, 1.165) is 56.0 Å². The number of pyridine rings is 2. The molecule has 0 unspecified atom stereocenters. The molecule has 0 fully saturated rings. The van der Waals surface area contributed by atoms with Crippen molar-refractivity contribution in [2.24, 2.45) is 0 Å². The lowest BCUT2D eigenvalue weighted by molar-refractivity contribution is -0.389. The number of anilines is 2. The van der Waals surface area contributed by atoms with Gasteiger partial charge in [-0.25, -0.2) is 0 Å². The van der Waals surface area contributed by atoms with Gasteiger partial charge in [-0.1, -0.05) is 90.1 Å². The second-order valence-electron chi connectivity index (χ2n) is 14.3. The molecule has 6 aromatic rings. The van der Waals surface area contributed by atoms with Crippen LogP contribution in [0.1, 0.15) is 63.8 Å². The fraction of sp³-hybridized carbons (Fsp3) is 0.250. The number of halogens is 2. The topological polar surface area (TPSA) is 80.3 Å². The van der Waals surface area contributed by atoms with Crippen LogP contribution in [-0.4, -0.2) is 0 Å². The SMILES string of the molecule is Cc1cc(-c2cc(C(C)(C)C)cc(-c3cc(C(C)(C)C)cc(-c4cc(C)c5ccccc5c4N)[nH+]3)[nH+]2)c(N)c2ccccc12.Cl.Cl. The van der Waals surface area contributed by atoms with E-state index < -0.39 is 0 Å². The number of hydrogen-bond donors (Lipinski definition) is 2. The van der Waals surface area contributed by atoms with E-state index in [1.165, 1.54) is 33.0 Å². The summed E-state index contributed by atoms with van der Waals surface area (Å²) < 4.78 is 0. The summed E-state index contributed by atoms with van der Waals surface area (Å²) in [5, 5.41) is 4.51. The Kier molecular flexibility index (Phi) is 9.51. The van der Waals surface area contributed by atoms with Crippen molar-refractivity contribution in [2.75, 3.05) is 11.5 Å². The third kappa shape index (κ3) is 6.29. The number of rotatable bonds is 3. The number of fused-ring (bicyclic) bond motifs is 2. The van der Waals surface area contributed by atoms with Gasteiger partial charge < -0.3 is 11.5 Å². The molecular weight excluding hydrogens is 607 g/mol. The first-order chi connectivity index (χ1) is 20.7. The quantitative estimate of drug-likeness (QED) is 0.187. The number of nitrogen functional groups attached to an aromatic ring is 2. The minimum atomic E-state index is -0.0798. The van der Waals surface area contributed by atoms with Gasteiger partial charge in [-0.05, 0) is 69.8 Å². The van der Waals surface area contributed by atoms with E-state index in [1.54, 1.807) is 0 Å². The second kappa shape index (κ2) is 12.6. The molecule has 6 N–H and O–H groups in total. The zero-order valence-electron chi connectivity index (χ0n) is 28.1. The molecule has 2 heterocycles. The standard InChI is InChI=1S/C40H42N4.2ClH/c1-23-17-31(37(41)29-15-11-9-13-27(23)29)33-19-25(39(3,4)5)21-35(43-33)36-22-26(40(6,7)8)20-34(44-36)32-18-24(2)28-14-10-12-16-30(28)38(32)42;;/h9-22H,41-42H2,1-8H3;2*1H/p+2. The van der Waals surface area contributed by atoms with Gasteiger partial charge in [0.05, 0.1) is 22.5 Å². The number of nitrogens with one attached hydrogen (secondary N) is 2. The third-order valence-corrected chi connectivity index (χ3v) is 8.93. The molecular formula is C40H46Cl2N4+2. The summed E-state index contributed by atoms with van der Waals surface area (Å²) in [6, 6.07) is 30.2. The summed E-state index contributed by atoms with van der Waals surface area (Å²) in [6.07, 6.45) is 0. The van der Waals surface area contributed by atoms with Crippen molar-refractivity contribution in [2.45, 2.75) is 66.2 Å². The van der Waals surface area contributed by atoms with E-state index in [-0.39, 0.29) is 35.6 Å². The van der Waals surface area contributed by atoms with Gasteiger partial charge in [-0.15, -0.1) is 24.8 Å². The molecule has 46 heavy (non-hydrogen) atoms. The average molecular weight is 654 g/mol. The zero-order valence-corrected chi connectivity index (χ0v) is 29.7. The average Bonchev–Trinajstić information content (AvgIpc) is 2.99. The first kappa shape index (κ1) is 34.7. The molecule has 0 aliphatic rings. The number of H-pyrrole nitrogens is 2. The van der Waals surface area contributed by atoms with Gasteiger partial charge in [-0.3, -0.25) is 0 Å². The lowest BCUT2D eigenvalue weighted by Gasteiger charge is -2.20. The van der Waals surface area contributed by atoms with Crippen molar-refractivity contribution in [3.8, 4) is 33.9 Å². The molecule has 2 aromatic heterocycles. The van der Waals surface area contributed by atoms with E-state index >= 15 is 0 Å². The molecule has 0 saturated heterocycles. The predicted octanol–water partition coefficient (Wildman–Crippen LogP) is 9.84. The third-order valence-electron chi connectivity index (χ3n) is 8.93. The van der Waals surface area contributed by atoms with E-state index in [2.05, 4.69) is 150 Å². The van der Waals surface area contributed by atoms with E-state index in [4.69, 9.17) is 11.5 Å². The Morgan fingerprint density at radius 2 is 0.761 bits per heavy atom. The maximum absolute atomic E-state index is 6.88. The number of aromatic amines is 2. The minimum absolute atomic E-state index is 0. The Balaban J connectivity index is 0.00000240.